The largest absolute Gasteiger partial charge is 0.496 e. The van der Waals surface area contributed by atoms with E-state index in [9.17, 15) is 9.59 Å². The summed E-state index contributed by atoms with van der Waals surface area (Å²) in [5.41, 5.74) is 2.64. The zero-order valence-corrected chi connectivity index (χ0v) is 18.0. The highest BCUT2D eigenvalue weighted by molar-refractivity contribution is 6.02. The number of carbonyl (C=O) groups is 2. The number of nitrogens with zero attached hydrogens (tertiary/aromatic N) is 1. The second-order valence-electron chi connectivity index (χ2n) is 7.36. The Hall–Kier alpha value is -3.12. The van der Waals surface area contributed by atoms with E-state index < -0.39 is 5.97 Å². The number of ketones is 1. The average Bonchev–Trinajstić information content (AvgIpc) is 3.04. The predicted molar refractivity (Wildman–Crippen MR) is 116 cm³/mol. The Morgan fingerprint density at radius 1 is 1.00 bits per heavy atom. The van der Waals surface area contributed by atoms with Crippen LogP contribution in [0.4, 0.5) is 0 Å². The Balaban J connectivity index is 1.78. The molecule has 0 amide bonds. The molecule has 0 radical (unpaired) electrons. The molecule has 3 aromatic rings. The van der Waals surface area contributed by atoms with Crippen molar-refractivity contribution >= 4 is 22.5 Å². The normalized spacial score (nSPS) is 12.0. The highest BCUT2D eigenvalue weighted by Gasteiger charge is 2.21. The Morgan fingerprint density at radius 2 is 1.67 bits per heavy atom. The maximum atomic E-state index is 12.8. The van der Waals surface area contributed by atoms with Crippen molar-refractivity contribution in [2.75, 3.05) is 27.4 Å². The summed E-state index contributed by atoms with van der Waals surface area (Å²) in [7, 11) is 3.15. The minimum atomic E-state index is -0.590. The molecule has 30 heavy (non-hydrogen) atoms. The lowest BCUT2D eigenvalue weighted by molar-refractivity contribution is 0.0471. The van der Waals surface area contributed by atoms with Gasteiger partial charge in [0, 0.05) is 24.1 Å². The van der Waals surface area contributed by atoms with E-state index in [2.05, 4.69) is 4.57 Å². The van der Waals surface area contributed by atoms with Crippen LogP contribution in [-0.2, 0) is 9.47 Å². The third kappa shape index (κ3) is 4.24. The highest BCUT2D eigenvalue weighted by atomic mass is 16.5. The number of rotatable bonds is 8. The van der Waals surface area contributed by atoms with Gasteiger partial charge in [0.2, 0.25) is 5.78 Å². The summed E-state index contributed by atoms with van der Waals surface area (Å²) in [4.78, 5) is 25.4. The van der Waals surface area contributed by atoms with Gasteiger partial charge in [-0.3, -0.25) is 4.79 Å². The van der Waals surface area contributed by atoms with Crippen molar-refractivity contribution in [1.29, 1.82) is 0 Å². The van der Waals surface area contributed by atoms with E-state index in [0.29, 0.717) is 23.5 Å². The SMILES string of the molecule is COC[C@@H](C)n1c(C)cc(C(=O)COC(=O)c2cc3ccccc3cc2OC)c1C. The van der Waals surface area contributed by atoms with Crippen LogP contribution in [-0.4, -0.2) is 43.8 Å². The standard InChI is InChI=1S/C24H27NO5/c1-15-10-20(17(3)25(15)16(2)13-28-4)22(26)14-30-24(27)21-11-18-8-6-7-9-19(18)12-23(21)29-5/h6-12,16H,13-14H2,1-5H3/t16-/m1/s1. The van der Waals surface area contributed by atoms with E-state index in [1.807, 2.05) is 51.1 Å². The van der Waals surface area contributed by atoms with E-state index in [1.165, 1.54) is 7.11 Å². The summed E-state index contributed by atoms with van der Waals surface area (Å²) >= 11 is 0. The molecule has 0 N–H and O–H groups in total. The van der Waals surface area contributed by atoms with Crippen molar-refractivity contribution < 1.29 is 23.8 Å². The van der Waals surface area contributed by atoms with Crippen LogP contribution in [0.3, 0.4) is 0 Å². The minimum absolute atomic E-state index is 0.0981. The molecule has 0 fully saturated rings. The van der Waals surface area contributed by atoms with E-state index >= 15 is 0 Å². The van der Waals surface area contributed by atoms with Crippen LogP contribution in [0.1, 0.15) is 45.1 Å². The van der Waals surface area contributed by atoms with Crippen molar-refractivity contribution in [3.8, 4) is 5.75 Å². The molecule has 6 nitrogen and oxygen atoms in total. The number of carbonyl (C=O) groups excluding carboxylic acids is 2. The molecule has 2 aromatic carbocycles. The first-order valence-corrected chi connectivity index (χ1v) is 9.81. The smallest absolute Gasteiger partial charge is 0.342 e. The molecular weight excluding hydrogens is 382 g/mol. The monoisotopic (exact) mass is 409 g/mol. The average molecular weight is 409 g/mol. The fourth-order valence-corrected chi connectivity index (χ4v) is 3.89. The number of esters is 1. The molecule has 0 spiro atoms. The molecule has 1 aromatic heterocycles. The maximum Gasteiger partial charge on any atom is 0.342 e. The summed E-state index contributed by atoms with van der Waals surface area (Å²) in [5.74, 6) is -0.419. The lowest BCUT2D eigenvalue weighted by Crippen LogP contribution is -2.17. The molecule has 158 valence electrons. The third-order valence-corrected chi connectivity index (χ3v) is 5.26. The topological polar surface area (TPSA) is 66.8 Å². The van der Waals surface area contributed by atoms with Gasteiger partial charge in [-0.1, -0.05) is 24.3 Å². The number of fused-ring (bicyclic) bond motifs is 1. The lowest BCUT2D eigenvalue weighted by atomic mass is 10.1. The van der Waals surface area contributed by atoms with Gasteiger partial charge >= 0.3 is 5.97 Å². The van der Waals surface area contributed by atoms with Crippen LogP contribution in [0.25, 0.3) is 10.8 Å². The van der Waals surface area contributed by atoms with Crippen molar-refractivity contribution in [3.05, 3.63) is 65.0 Å². The fourth-order valence-electron chi connectivity index (χ4n) is 3.89. The number of Topliss-reactive ketones (excluding diaryl/α,β-unsaturated/α-hetero) is 1. The van der Waals surface area contributed by atoms with E-state index in [-0.39, 0.29) is 18.4 Å². The molecule has 0 saturated carbocycles. The van der Waals surface area contributed by atoms with E-state index in [1.54, 1.807) is 19.2 Å². The summed E-state index contributed by atoms with van der Waals surface area (Å²) in [5, 5.41) is 1.85. The van der Waals surface area contributed by atoms with E-state index in [4.69, 9.17) is 14.2 Å². The van der Waals surface area contributed by atoms with Gasteiger partial charge in [-0.25, -0.2) is 4.79 Å². The third-order valence-electron chi connectivity index (χ3n) is 5.26. The number of aryl methyl sites for hydroxylation is 1. The van der Waals surface area contributed by atoms with Crippen LogP contribution < -0.4 is 4.74 Å². The molecule has 0 saturated heterocycles. The van der Waals surface area contributed by atoms with Gasteiger partial charge in [0.1, 0.15) is 11.3 Å². The Kier molecular flexibility index (Phi) is 6.57. The van der Waals surface area contributed by atoms with Crippen molar-refractivity contribution in [2.24, 2.45) is 0 Å². The molecule has 3 rings (SSSR count). The zero-order chi connectivity index (χ0) is 21.8. The predicted octanol–water partition coefficient (Wildman–Crippen LogP) is 4.51. The summed E-state index contributed by atoms with van der Waals surface area (Å²) in [6.45, 7) is 6.07. The first kappa shape index (κ1) is 21.6. The van der Waals surface area contributed by atoms with Crippen molar-refractivity contribution in [3.63, 3.8) is 0 Å². The number of aromatic nitrogens is 1. The maximum absolute atomic E-state index is 12.8. The van der Waals surface area contributed by atoms with Crippen LogP contribution in [0.5, 0.6) is 5.75 Å². The van der Waals surface area contributed by atoms with Crippen LogP contribution in [0.15, 0.2) is 42.5 Å². The van der Waals surface area contributed by atoms with E-state index in [0.717, 1.165) is 22.2 Å². The number of ether oxygens (including phenoxy) is 3. The van der Waals surface area contributed by atoms with Gasteiger partial charge in [0.25, 0.3) is 0 Å². The van der Waals surface area contributed by atoms with Gasteiger partial charge in [0.05, 0.1) is 19.8 Å². The van der Waals surface area contributed by atoms with Gasteiger partial charge in [0.15, 0.2) is 6.61 Å². The Labute approximate surface area is 176 Å². The molecule has 0 unspecified atom stereocenters. The number of benzene rings is 2. The van der Waals surface area contributed by atoms with Crippen LogP contribution >= 0.6 is 0 Å². The highest BCUT2D eigenvalue weighted by Crippen LogP contribution is 2.27. The lowest BCUT2D eigenvalue weighted by Gasteiger charge is -2.17. The molecule has 0 bridgehead atoms. The summed E-state index contributed by atoms with van der Waals surface area (Å²) in [6, 6.07) is 13.1. The second kappa shape index (κ2) is 9.13. The number of methoxy groups -OCH3 is 2. The molecule has 1 atom stereocenters. The Bertz CT molecular complexity index is 1080. The molecule has 0 aliphatic heterocycles. The van der Waals surface area contributed by atoms with Gasteiger partial charge < -0.3 is 18.8 Å². The van der Waals surface area contributed by atoms with Crippen molar-refractivity contribution in [2.45, 2.75) is 26.8 Å². The Morgan fingerprint density at radius 3 is 2.30 bits per heavy atom. The minimum Gasteiger partial charge on any atom is -0.496 e. The molecule has 6 heteroatoms. The first-order chi connectivity index (χ1) is 14.4. The quantitative estimate of drug-likeness (QED) is 0.404. The molecule has 1 heterocycles. The van der Waals surface area contributed by atoms with Gasteiger partial charge in [-0.15, -0.1) is 0 Å². The first-order valence-electron chi connectivity index (χ1n) is 9.81. The number of hydrogen-bond acceptors (Lipinski definition) is 5. The van der Waals surface area contributed by atoms with Crippen molar-refractivity contribution in [1.82, 2.24) is 4.57 Å². The summed E-state index contributed by atoms with van der Waals surface area (Å²) in [6.07, 6.45) is 0. The molecule has 0 aliphatic carbocycles. The van der Waals surface area contributed by atoms with Gasteiger partial charge in [-0.2, -0.15) is 0 Å². The van der Waals surface area contributed by atoms with Crippen LogP contribution in [0.2, 0.25) is 0 Å². The zero-order valence-electron chi connectivity index (χ0n) is 18.0. The summed E-state index contributed by atoms with van der Waals surface area (Å²) < 4.78 is 18.0. The van der Waals surface area contributed by atoms with Crippen LogP contribution in [0, 0.1) is 13.8 Å². The fraction of sp³-hybridized carbons (Fsp3) is 0.333. The molecule has 0 aliphatic rings. The number of hydrogen-bond donors (Lipinski definition) is 0. The van der Waals surface area contributed by atoms with Gasteiger partial charge in [-0.05, 0) is 49.7 Å². The molecular formula is C24H27NO5. The second-order valence-corrected chi connectivity index (χ2v) is 7.36.